The number of carbonyl (C=O) groups excluding carboxylic acids is 1. The molecular formula is C20H27N7O. The summed E-state index contributed by atoms with van der Waals surface area (Å²) in [5, 5.41) is 3.01. The Bertz CT molecular complexity index is 767. The monoisotopic (exact) mass is 381 g/mol. The molecule has 0 aliphatic carbocycles. The Kier molecular flexibility index (Phi) is 5.57. The lowest BCUT2D eigenvalue weighted by Gasteiger charge is -2.35. The molecule has 0 radical (unpaired) electrons. The summed E-state index contributed by atoms with van der Waals surface area (Å²) in [6.45, 7) is 7.03. The summed E-state index contributed by atoms with van der Waals surface area (Å²) < 4.78 is 0. The Morgan fingerprint density at radius 3 is 2.11 bits per heavy atom. The molecule has 2 aliphatic heterocycles. The number of nitrogens with zero attached hydrogens (tertiary/aromatic N) is 6. The smallest absolute Gasteiger partial charge is 0.321 e. The average Bonchev–Trinajstić information content (AvgIpc) is 2.76. The number of anilines is 3. The van der Waals surface area contributed by atoms with Gasteiger partial charge in [-0.15, -0.1) is 0 Å². The van der Waals surface area contributed by atoms with Crippen LogP contribution in [-0.2, 0) is 0 Å². The van der Waals surface area contributed by atoms with Gasteiger partial charge in [-0.2, -0.15) is 0 Å². The van der Waals surface area contributed by atoms with E-state index in [2.05, 4.69) is 49.2 Å². The molecule has 1 N–H and O–H groups in total. The van der Waals surface area contributed by atoms with E-state index in [-0.39, 0.29) is 6.03 Å². The van der Waals surface area contributed by atoms with Crippen LogP contribution in [0.25, 0.3) is 0 Å². The highest BCUT2D eigenvalue weighted by molar-refractivity contribution is 5.89. The second-order valence-electron chi connectivity index (χ2n) is 7.29. The fourth-order valence-electron chi connectivity index (χ4n) is 3.59. The number of hydrogen-bond acceptors (Lipinski definition) is 6. The maximum absolute atomic E-state index is 12.6. The number of benzene rings is 1. The molecule has 2 amide bonds. The molecule has 2 aliphatic rings. The molecule has 0 atom stereocenters. The van der Waals surface area contributed by atoms with Gasteiger partial charge in [-0.1, -0.05) is 0 Å². The second kappa shape index (κ2) is 8.43. The quantitative estimate of drug-likeness (QED) is 0.871. The molecule has 2 aromatic rings. The Labute approximate surface area is 165 Å². The molecule has 1 aromatic carbocycles. The first-order valence-electron chi connectivity index (χ1n) is 9.80. The van der Waals surface area contributed by atoms with Crippen molar-refractivity contribution in [2.24, 2.45) is 0 Å². The fraction of sp³-hybridized carbons (Fsp3) is 0.450. The van der Waals surface area contributed by atoms with Crippen molar-refractivity contribution in [3.63, 3.8) is 0 Å². The summed E-state index contributed by atoms with van der Waals surface area (Å²) in [7, 11) is 2.16. The maximum atomic E-state index is 12.6. The van der Waals surface area contributed by atoms with E-state index in [9.17, 15) is 4.79 Å². The van der Waals surface area contributed by atoms with Gasteiger partial charge in [-0.05, 0) is 37.4 Å². The third-order valence-corrected chi connectivity index (χ3v) is 5.39. The summed E-state index contributed by atoms with van der Waals surface area (Å²) in [5.74, 6) is 0.724. The molecular weight excluding hydrogens is 354 g/mol. The lowest BCUT2D eigenvalue weighted by molar-refractivity contribution is 0.208. The molecule has 2 saturated heterocycles. The van der Waals surface area contributed by atoms with Gasteiger partial charge in [-0.25, -0.2) is 14.8 Å². The van der Waals surface area contributed by atoms with Crippen LogP contribution in [0.15, 0.2) is 42.7 Å². The zero-order valence-corrected chi connectivity index (χ0v) is 16.3. The van der Waals surface area contributed by atoms with Gasteiger partial charge in [0.15, 0.2) is 0 Å². The molecule has 8 heteroatoms. The van der Waals surface area contributed by atoms with Gasteiger partial charge in [0.25, 0.3) is 0 Å². The molecule has 0 spiro atoms. The highest BCUT2D eigenvalue weighted by atomic mass is 16.2. The van der Waals surface area contributed by atoms with E-state index in [1.165, 1.54) is 5.69 Å². The molecule has 0 bridgehead atoms. The predicted octanol–water partition coefficient (Wildman–Crippen LogP) is 1.58. The minimum absolute atomic E-state index is 0.0547. The summed E-state index contributed by atoms with van der Waals surface area (Å²) in [6.07, 6.45) is 3.49. The topological polar surface area (TPSA) is 67.8 Å². The molecule has 148 valence electrons. The first-order chi connectivity index (χ1) is 13.7. The zero-order valence-electron chi connectivity index (χ0n) is 16.3. The van der Waals surface area contributed by atoms with E-state index >= 15 is 0 Å². The van der Waals surface area contributed by atoms with Gasteiger partial charge in [0, 0.05) is 76.1 Å². The van der Waals surface area contributed by atoms with Gasteiger partial charge in [-0.3, -0.25) is 0 Å². The molecule has 0 saturated carbocycles. The highest BCUT2D eigenvalue weighted by Gasteiger charge is 2.22. The lowest BCUT2D eigenvalue weighted by Crippen LogP contribution is -2.50. The number of carbonyl (C=O) groups is 1. The van der Waals surface area contributed by atoms with Crippen molar-refractivity contribution in [3.8, 4) is 0 Å². The molecule has 1 aromatic heterocycles. The number of urea groups is 1. The molecule has 4 rings (SSSR count). The number of hydrogen-bond donors (Lipinski definition) is 1. The number of aromatic nitrogens is 2. The minimum atomic E-state index is -0.0547. The van der Waals surface area contributed by atoms with Gasteiger partial charge in [0.05, 0.1) is 0 Å². The van der Waals surface area contributed by atoms with Crippen LogP contribution in [0.4, 0.5) is 22.1 Å². The number of amides is 2. The number of nitrogens with one attached hydrogen (secondary N) is 1. The van der Waals surface area contributed by atoms with Crippen LogP contribution < -0.4 is 15.1 Å². The predicted molar refractivity (Wildman–Crippen MR) is 111 cm³/mol. The van der Waals surface area contributed by atoms with Crippen molar-refractivity contribution >= 4 is 23.4 Å². The fourth-order valence-corrected chi connectivity index (χ4v) is 3.59. The van der Waals surface area contributed by atoms with Crippen molar-refractivity contribution in [2.75, 3.05) is 74.5 Å². The van der Waals surface area contributed by atoms with Crippen molar-refractivity contribution in [3.05, 3.63) is 42.7 Å². The van der Waals surface area contributed by atoms with E-state index in [0.717, 1.165) is 50.9 Å². The summed E-state index contributed by atoms with van der Waals surface area (Å²) in [4.78, 5) is 29.8. The normalized spacial score (nSPS) is 18.2. The maximum Gasteiger partial charge on any atom is 0.321 e. The van der Waals surface area contributed by atoms with Crippen LogP contribution >= 0.6 is 0 Å². The molecule has 2 fully saturated rings. The zero-order chi connectivity index (χ0) is 19.3. The van der Waals surface area contributed by atoms with E-state index < -0.39 is 0 Å². The van der Waals surface area contributed by atoms with Gasteiger partial charge in [0.2, 0.25) is 5.95 Å². The van der Waals surface area contributed by atoms with Crippen molar-refractivity contribution < 1.29 is 4.79 Å². The molecule has 0 unspecified atom stereocenters. The summed E-state index contributed by atoms with van der Waals surface area (Å²) in [6, 6.07) is 9.90. The molecule has 3 heterocycles. The van der Waals surface area contributed by atoms with Crippen LogP contribution in [0, 0.1) is 0 Å². The summed E-state index contributed by atoms with van der Waals surface area (Å²) in [5.41, 5.74) is 2.04. The van der Waals surface area contributed by atoms with Crippen LogP contribution in [0.2, 0.25) is 0 Å². The number of piperazine rings is 2. The second-order valence-corrected chi connectivity index (χ2v) is 7.29. The van der Waals surface area contributed by atoms with Crippen LogP contribution in [0.3, 0.4) is 0 Å². The van der Waals surface area contributed by atoms with Crippen LogP contribution in [0.5, 0.6) is 0 Å². The minimum Gasteiger partial charge on any atom is -0.369 e. The standard InChI is InChI=1S/C20H27N7O/c1-24-9-11-25(12-10-24)18-5-3-17(4-6-18)23-20(28)27-15-13-26(14-16-27)19-21-7-2-8-22-19/h2-8H,9-16H2,1H3,(H,23,28). The molecule has 8 nitrogen and oxygen atoms in total. The van der Waals surface area contributed by atoms with Gasteiger partial charge < -0.3 is 24.9 Å². The van der Waals surface area contributed by atoms with Crippen LogP contribution in [0.1, 0.15) is 0 Å². The third-order valence-electron chi connectivity index (χ3n) is 5.39. The van der Waals surface area contributed by atoms with Crippen LogP contribution in [-0.4, -0.2) is 85.2 Å². The van der Waals surface area contributed by atoms with E-state index in [0.29, 0.717) is 13.1 Å². The number of likely N-dealkylation sites (N-methyl/N-ethyl adjacent to an activating group) is 1. The first kappa shape index (κ1) is 18.5. The van der Waals surface area contributed by atoms with Crippen molar-refractivity contribution in [1.29, 1.82) is 0 Å². The van der Waals surface area contributed by atoms with Gasteiger partial charge >= 0.3 is 6.03 Å². The Morgan fingerprint density at radius 1 is 0.857 bits per heavy atom. The van der Waals surface area contributed by atoms with Gasteiger partial charge in [0.1, 0.15) is 0 Å². The van der Waals surface area contributed by atoms with Crippen molar-refractivity contribution in [2.45, 2.75) is 0 Å². The Hall–Kier alpha value is -2.87. The Morgan fingerprint density at radius 2 is 1.46 bits per heavy atom. The Balaban J connectivity index is 1.28. The molecule has 28 heavy (non-hydrogen) atoms. The lowest BCUT2D eigenvalue weighted by atomic mass is 10.2. The number of rotatable bonds is 3. The van der Waals surface area contributed by atoms with E-state index in [1.54, 1.807) is 12.4 Å². The van der Waals surface area contributed by atoms with E-state index in [4.69, 9.17) is 0 Å². The third kappa shape index (κ3) is 4.33. The highest BCUT2D eigenvalue weighted by Crippen LogP contribution is 2.20. The first-order valence-corrected chi connectivity index (χ1v) is 9.80. The average molecular weight is 381 g/mol. The largest absolute Gasteiger partial charge is 0.369 e. The summed E-state index contributed by atoms with van der Waals surface area (Å²) >= 11 is 0. The van der Waals surface area contributed by atoms with Crippen molar-refractivity contribution in [1.82, 2.24) is 19.8 Å². The SMILES string of the molecule is CN1CCN(c2ccc(NC(=O)N3CCN(c4ncccn4)CC3)cc2)CC1. The van der Waals surface area contributed by atoms with E-state index in [1.807, 2.05) is 23.1 Å².